The molecule has 6 heteroatoms. The second kappa shape index (κ2) is 6.39. The molecule has 0 spiro atoms. The highest BCUT2D eigenvalue weighted by atomic mass is 19.2. The Kier molecular flexibility index (Phi) is 4.77. The lowest BCUT2D eigenvalue weighted by Gasteiger charge is -2.25. The van der Waals surface area contributed by atoms with E-state index in [4.69, 9.17) is 10.5 Å². The molecule has 2 N–H and O–H groups in total. The number of amides is 1. The molecule has 1 saturated heterocycles. The number of ether oxygens (including phenoxy) is 1. The van der Waals surface area contributed by atoms with E-state index in [0.717, 1.165) is 18.6 Å². The molecule has 1 fully saturated rings. The van der Waals surface area contributed by atoms with Gasteiger partial charge in [0.15, 0.2) is 17.7 Å². The lowest BCUT2D eigenvalue weighted by Crippen LogP contribution is -2.42. The van der Waals surface area contributed by atoms with Gasteiger partial charge in [0.1, 0.15) is 5.75 Å². The number of halogens is 2. The Morgan fingerprint density at radius 1 is 1.48 bits per heavy atom. The number of hydrogen-bond donors (Lipinski definition) is 1. The summed E-state index contributed by atoms with van der Waals surface area (Å²) in [5.74, 6) is -1.66. The third kappa shape index (κ3) is 3.50. The Labute approximate surface area is 122 Å². The summed E-state index contributed by atoms with van der Waals surface area (Å²) in [5.41, 5.74) is 5.64. The molecule has 0 bridgehead atoms. The summed E-state index contributed by atoms with van der Waals surface area (Å²) >= 11 is 0. The zero-order valence-corrected chi connectivity index (χ0v) is 12.2. The minimum absolute atomic E-state index is 0.113. The van der Waals surface area contributed by atoms with Gasteiger partial charge >= 0.3 is 0 Å². The Bertz CT molecular complexity index is 524. The average molecular weight is 298 g/mol. The van der Waals surface area contributed by atoms with Crippen LogP contribution in [0.4, 0.5) is 8.78 Å². The molecule has 1 aliphatic rings. The Morgan fingerprint density at radius 3 is 2.76 bits per heavy atom. The molecule has 2 rings (SSSR count). The summed E-state index contributed by atoms with van der Waals surface area (Å²) in [5, 5.41) is 0. The molecule has 3 unspecified atom stereocenters. The van der Waals surface area contributed by atoms with Crippen LogP contribution in [-0.2, 0) is 4.79 Å². The molecule has 3 atom stereocenters. The fourth-order valence-electron chi connectivity index (χ4n) is 2.66. The second-order valence-corrected chi connectivity index (χ2v) is 5.51. The summed E-state index contributed by atoms with van der Waals surface area (Å²) < 4.78 is 31.4. The van der Waals surface area contributed by atoms with Crippen LogP contribution in [0.2, 0.25) is 0 Å². The molecule has 1 amide bonds. The predicted molar refractivity (Wildman–Crippen MR) is 74.8 cm³/mol. The SMILES string of the molecule is CC(Oc1ccc(F)c(F)c1)C(=O)N1CC(CN)CC1C. The van der Waals surface area contributed by atoms with Crippen LogP contribution in [0.3, 0.4) is 0 Å². The van der Waals surface area contributed by atoms with Crippen molar-refractivity contribution in [2.24, 2.45) is 11.7 Å². The molecule has 1 aromatic rings. The van der Waals surface area contributed by atoms with Gasteiger partial charge in [0, 0.05) is 18.7 Å². The monoisotopic (exact) mass is 298 g/mol. The number of likely N-dealkylation sites (tertiary alicyclic amines) is 1. The molecule has 116 valence electrons. The predicted octanol–water partition coefficient (Wildman–Crippen LogP) is 1.93. The molecular weight excluding hydrogens is 278 g/mol. The van der Waals surface area contributed by atoms with Crippen LogP contribution in [-0.4, -0.2) is 36.0 Å². The Balaban J connectivity index is 2.01. The smallest absolute Gasteiger partial charge is 0.263 e. The van der Waals surface area contributed by atoms with E-state index in [-0.39, 0.29) is 17.7 Å². The molecule has 0 saturated carbocycles. The largest absolute Gasteiger partial charge is 0.481 e. The third-order valence-electron chi connectivity index (χ3n) is 3.83. The van der Waals surface area contributed by atoms with Crippen molar-refractivity contribution in [3.63, 3.8) is 0 Å². The molecule has 0 aromatic heterocycles. The highest BCUT2D eigenvalue weighted by Gasteiger charge is 2.34. The van der Waals surface area contributed by atoms with Crippen LogP contribution in [0.25, 0.3) is 0 Å². The van der Waals surface area contributed by atoms with E-state index in [2.05, 4.69) is 0 Å². The fourth-order valence-corrected chi connectivity index (χ4v) is 2.66. The van der Waals surface area contributed by atoms with E-state index in [9.17, 15) is 13.6 Å². The first kappa shape index (κ1) is 15.7. The lowest BCUT2D eigenvalue weighted by molar-refractivity contribution is -0.138. The summed E-state index contributed by atoms with van der Waals surface area (Å²) in [6.07, 6.45) is 0.119. The summed E-state index contributed by atoms with van der Waals surface area (Å²) in [6, 6.07) is 3.33. The number of nitrogens with zero attached hydrogens (tertiary/aromatic N) is 1. The van der Waals surface area contributed by atoms with Crippen LogP contribution in [0, 0.1) is 17.6 Å². The molecular formula is C15H20F2N2O2. The van der Waals surface area contributed by atoms with Gasteiger partial charge in [-0.05, 0) is 44.9 Å². The number of nitrogens with two attached hydrogens (primary N) is 1. The summed E-state index contributed by atoms with van der Waals surface area (Å²) in [6.45, 7) is 4.73. The quantitative estimate of drug-likeness (QED) is 0.924. The van der Waals surface area contributed by atoms with Crippen LogP contribution in [0.5, 0.6) is 5.75 Å². The van der Waals surface area contributed by atoms with Gasteiger partial charge in [-0.3, -0.25) is 4.79 Å². The van der Waals surface area contributed by atoms with Crippen molar-refractivity contribution in [3.8, 4) is 5.75 Å². The topological polar surface area (TPSA) is 55.6 Å². The number of carbonyl (C=O) groups is 1. The summed E-state index contributed by atoms with van der Waals surface area (Å²) in [7, 11) is 0. The van der Waals surface area contributed by atoms with Crippen LogP contribution in [0.1, 0.15) is 20.3 Å². The Hall–Kier alpha value is -1.69. The summed E-state index contributed by atoms with van der Waals surface area (Å²) in [4.78, 5) is 14.1. The van der Waals surface area contributed by atoms with Crippen molar-refractivity contribution in [3.05, 3.63) is 29.8 Å². The zero-order valence-electron chi connectivity index (χ0n) is 12.2. The number of carbonyl (C=O) groups excluding carboxylic acids is 1. The van der Waals surface area contributed by atoms with Crippen molar-refractivity contribution >= 4 is 5.91 Å². The lowest BCUT2D eigenvalue weighted by atomic mass is 10.1. The van der Waals surface area contributed by atoms with Gasteiger partial charge in [0.2, 0.25) is 0 Å². The molecule has 0 aliphatic carbocycles. The third-order valence-corrected chi connectivity index (χ3v) is 3.83. The highest BCUT2D eigenvalue weighted by Crippen LogP contribution is 2.24. The van der Waals surface area contributed by atoms with Gasteiger partial charge in [-0.25, -0.2) is 8.78 Å². The van der Waals surface area contributed by atoms with Gasteiger partial charge < -0.3 is 15.4 Å². The maximum absolute atomic E-state index is 13.1. The highest BCUT2D eigenvalue weighted by molar-refractivity contribution is 5.81. The first-order valence-corrected chi connectivity index (χ1v) is 7.04. The van der Waals surface area contributed by atoms with Gasteiger partial charge in [-0.1, -0.05) is 0 Å². The average Bonchev–Trinajstić information content (AvgIpc) is 2.83. The first-order valence-electron chi connectivity index (χ1n) is 7.04. The number of rotatable bonds is 4. The van der Waals surface area contributed by atoms with E-state index in [1.807, 2.05) is 6.92 Å². The van der Waals surface area contributed by atoms with Crippen molar-refractivity contribution in [2.75, 3.05) is 13.1 Å². The van der Waals surface area contributed by atoms with Crippen molar-refractivity contribution in [2.45, 2.75) is 32.4 Å². The first-order chi connectivity index (χ1) is 9.92. The molecule has 4 nitrogen and oxygen atoms in total. The fraction of sp³-hybridized carbons (Fsp3) is 0.533. The van der Waals surface area contributed by atoms with Crippen LogP contribution < -0.4 is 10.5 Å². The molecule has 1 aliphatic heterocycles. The molecule has 21 heavy (non-hydrogen) atoms. The van der Waals surface area contributed by atoms with E-state index in [0.29, 0.717) is 19.0 Å². The van der Waals surface area contributed by atoms with E-state index < -0.39 is 17.7 Å². The van der Waals surface area contributed by atoms with Crippen molar-refractivity contribution in [1.29, 1.82) is 0 Å². The maximum atomic E-state index is 13.1. The molecule has 1 aromatic carbocycles. The molecule has 1 heterocycles. The van der Waals surface area contributed by atoms with Gasteiger partial charge in [0.05, 0.1) is 0 Å². The van der Waals surface area contributed by atoms with Crippen molar-refractivity contribution in [1.82, 2.24) is 4.90 Å². The van der Waals surface area contributed by atoms with Crippen molar-refractivity contribution < 1.29 is 18.3 Å². The van der Waals surface area contributed by atoms with Gasteiger partial charge in [-0.15, -0.1) is 0 Å². The van der Waals surface area contributed by atoms with E-state index in [1.165, 1.54) is 6.07 Å². The Morgan fingerprint density at radius 2 is 2.19 bits per heavy atom. The van der Waals surface area contributed by atoms with Crippen LogP contribution >= 0.6 is 0 Å². The number of hydrogen-bond acceptors (Lipinski definition) is 3. The maximum Gasteiger partial charge on any atom is 0.263 e. The van der Waals surface area contributed by atoms with Gasteiger partial charge in [0.25, 0.3) is 5.91 Å². The van der Waals surface area contributed by atoms with Crippen LogP contribution in [0.15, 0.2) is 18.2 Å². The minimum atomic E-state index is -0.995. The number of benzene rings is 1. The molecule has 0 radical (unpaired) electrons. The van der Waals surface area contributed by atoms with E-state index in [1.54, 1.807) is 11.8 Å². The van der Waals surface area contributed by atoms with E-state index >= 15 is 0 Å². The normalized spacial score (nSPS) is 23.2. The minimum Gasteiger partial charge on any atom is -0.481 e. The second-order valence-electron chi connectivity index (χ2n) is 5.51. The standard InChI is InChI=1S/C15H20F2N2O2/c1-9-5-11(7-18)8-19(9)15(20)10(2)21-12-3-4-13(16)14(17)6-12/h3-4,6,9-11H,5,7-8,18H2,1-2H3. The zero-order chi connectivity index (χ0) is 15.6. The van der Waals surface area contributed by atoms with Gasteiger partial charge in [-0.2, -0.15) is 0 Å².